The zero-order chi connectivity index (χ0) is 15.7. The Hall–Kier alpha value is -1.84. The molecule has 0 radical (unpaired) electrons. The van der Waals surface area contributed by atoms with Crippen molar-refractivity contribution in [3.8, 4) is 0 Å². The summed E-state index contributed by atoms with van der Waals surface area (Å²) in [6, 6.07) is 9.77. The predicted molar refractivity (Wildman–Crippen MR) is 82.9 cm³/mol. The van der Waals surface area contributed by atoms with Crippen LogP contribution in [-0.2, 0) is 14.3 Å². The summed E-state index contributed by atoms with van der Waals surface area (Å²) in [5.41, 5.74) is 1.01. The van der Waals surface area contributed by atoms with E-state index in [-0.39, 0.29) is 30.1 Å². The first-order valence-electron chi connectivity index (χ1n) is 7.58. The number of esters is 1. The Morgan fingerprint density at radius 2 is 1.86 bits per heavy atom. The molecule has 1 rings (SSSR count). The van der Waals surface area contributed by atoms with Crippen molar-refractivity contribution >= 4 is 11.9 Å². The van der Waals surface area contributed by atoms with Crippen LogP contribution < -0.4 is 5.32 Å². The van der Waals surface area contributed by atoms with Gasteiger partial charge in [-0.15, -0.1) is 0 Å². The van der Waals surface area contributed by atoms with Gasteiger partial charge >= 0.3 is 5.97 Å². The Kier molecular flexibility index (Phi) is 7.51. The van der Waals surface area contributed by atoms with Crippen LogP contribution in [0.5, 0.6) is 0 Å². The summed E-state index contributed by atoms with van der Waals surface area (Å²) in [4.78, 5) is 23.7. The average Bonchev–Trinajstić information content (AvgIpc) is 2.48. The lowest BCUT2D eigenvalue weighted by atomic mass is 9.85. The van der Waals surface area contributed by atoms with Crippen LogP contribution in [0, 0.1) is 5.92 Å². The standard InChI is InChI=1S/C17H25NO3/c1-4-13(3)16(14-9-7-6-8-10-14)17(20)18-12-11-15(19)21-5-2/h6-10,13,16H,4-5,11-12H2,1-3H3,(H,18,20). The first kappa shape index (κ1) is 17.2. The third-order valence-electron chi connectivity index (χ3n) is 3.59. The molecule has 0 bridgehead atoms. The molecule has 21 heavy (non-hydrogen) atoms. The maximum absolute atomic E-state index is 12.4. The Bertz CT molecular complexity index is 445. The number of ether oxygens (including phenoxy) is 1. The highest BCUT2D eigenvalue weighted by Crippen LogP contribution is 2.27. The molecule has 0 aliphatic heterocycles. The molecule has 4 nitrogen and oxygen atoms in total. The average molecular weight is 291 g/mol. The summed E-state index contributed by atoms with van der Waals surface area (Å²) in [6.45, 7) is 6.60. The van der Waals surface area contributed by atoms with Crippen molar-refractivity contribution in [2.24, 2.45) is 5.92 Å². The van der Waals surface area contributed by atoms with Crippen LogP contribution in [0.1, 0.15) is 45.1 Å². The molecule has 0 fully saturated rings. The van der Waals surface area contributed by atoms with E-state index in [9.17, 15) is 9.59 Å². The van der Waals surface area contributed by atoms with Crippen LogP contribution in [0.4, 0.5) is 0 Å². The van der Waals surface area contributed by atoms with E-state index in [0.29, 0.717) is 13.2 Å². The predicted octanol–water partition coefficient (Wildman–Crippen LogP) is 2.89. The van der Waals surface area contributed by atoms with Gasteiger partial charge < -0.3 is 10.1 Å². The number of hydrogen-bond acceptors (Lipinski definition) is 3. The Morgan fingerprint density at radius 3 is 2.43 bits per heavy atom. The number of carbonyl (C=O) groups excluding carboxylic acids is 2. The van der Waals surface area contributed by atoms with Crippen molar-refractivity contribution in [2.45, 2.75) is 39.5 Å². The van der Waals surface area contributed by atoms with Gasteiger partial charge in [0.15, 0.2) is 0 Å². The summed E-state index contributed by atoms with van der Waals surface area (Å²) >= 11 is 0. The summed E-state index contributed by atoms with van der Waals surface area (Å²) < 4.78 is 4.85. The summed E-state index contributed by atoms with van der Waals surface area (Å²) in [5.74, 6) is -0.245. The van der Waals surface area contributed by atoms with Crippen LogP contribution in [0.15, 0.2) is 30.3 Å². The van der Waals surface area contributed by atoms with Gasteiger partial charge in [0.2, 0.25) is 5.91 Å². The number of benzene rings is 1. The van der Waals surface area contributed by atoms with E-state index in [0.717, 1.165) is 12.0 Å². The molecule has 0 heterocycles. The fraction of sp³-hybridized carbons (Fsp3) is 0.529. The molecule has 2 atom stereocenters. The lowest BCUT2D eigenvalue weighted by molar-refractivity contribution is -0.143. The highest BCUT2D eigenvalue weighted by Gasteiger charge is 2.25. The van der Waals surface area contributed by atoms with Crippen LogP contribution in [0.25, 0.3) is 0 Å². The summed E-state index contributed by atoms with van der Waals surface area (Å²) in [5, 5.41) is 2.85. The zero-order valence-electron chi connectivity index (χ0n) is 13.1. The molecule has 0 saturated heterocycles. The first-order chi connectivity index (χ1) is 10.1. The fourth-order valence-corrected chi connectivity index (χ4v) is 2.27. The molecule has 0 spiro atoms. The topological polar surface area (TPSA) is 55.4 Å². The maximum Gasteiger partial charge on any atom is 0.307 e. The zero-order valence-corrected chi connectivity index (χ0v) is 13.1. The van der Waals surface area contributed by atoms with Crippen molar-refractivity contribution in [1.82, 2.24) is 5.32 Å². The third kappa shape index (κ3) is 5.58. The molecule has 0 aliphatic carbocycles. The molecule has 1 amide bonds. The lowest BCUT2D eigenvalue weighted by Crippen LogP contribution is -2.34. The molecular formula is C17H25NO3. The van der Waals surface area contributed by atoms with Gasteiger partial charge in [-0.25, -0.2) is 0 Å². The highest BCUT2D eigenvalue weighted by molar-refractivity contribution is 5.84. The highest BCUT2D eigenvalue weighted by atomic mass is 16.5. The Labute approximate surface area is 126 Å². The Morgan fingerprint density at radius 1 is 1.19 bits per heavy atom. The Balaban J connectivity index is 2.63. The van der Waals surface area contributed by atoms with Crippen molar-refractivity contribution in [2.75, 3.05) is 13.2 Å². The van der Waals surface area contributed by atoms with Gasteiger partial charge in [0.05, 0.1) is 18.9 Å². The summed E-state index contributed by atoms with van der Waals surface area (Å²) in [7, 11) is 0. The van der Waals surface area contributed by atoms with Gasteiger partial charge in [0, 0.05) is 6.54 Å². The quantitative estimate of drug-likeness (QED) is 0.749. The second-order valence-corrected chi connectivity index (χ2v) is 5.12. The van der Waals surface area contributed by atoms with Crippen LogP contribution >= 0.6 is 0 Å². The third-order valence-corrected chi connectivity index (χ3v) is 3.59. The molecule has 0 saturated carbocycles. The van der Waals surface area contributed by atoms with Gasteiger partial charge in [-0.1, -0.05) is 50.6 Å². The van der Waals surface area contributed by atoms with E-state index >= 15 is 0 Å². The first-order valence-corrected chi connectivity index (χ1v) is 7.58. The van der Waals surface area contributed by atoms with E-state index in [4.69, 9.17) is 4.74 Å². The van der Waals surface area contributed by atoms with Crippen molar-refractivity contribution < 1.29 is 14.3 Å². The smallest absolute Gasteiger partial charge is 0.307 e. The minimum atomic E-state index is -0.280. The van der Waals surface area contributed by atoms with Gasteiger partial charge in [-0.3, -0.25) is 9.59 Å². The fourth-order valence-electron chi connectivity index (χ4n) is 2.27. The molecule has 2 unspecified atom stereocenters. The van der Waals surface area contributed by atoms with Gasteiger partial charge in [0.25, 0.3) is 0 Å². The molecule has 1 aromatic rings. The van der Waals surface area contributed by atoms with E-state index in [1.807, 2.05) is 30.3 Å². The lowest BCUT2D eigenvalue weighted by Gasteiger charge is -2.22. The number of carbonyl (C=O) groups is 2. The molecule has 1 aromatic carbocycles. The minimum Gasteiger partial charge on any atom is -0.466 e. The van der Waals surface area contributed by atoms with Crippen molar-refractivity contribution in [3.05, 3.63) is 35.9 Å². The van der Waals surface area contributed by atoms with Crippen LogP contribution in [0.2, 0.25) is 0 Å². The SMILES string of the molecule is CCOC(=O)CCNC(=O)C(c1ccccc1)C(C)CC. The molecule has 4 heteroatoms. The van der Waals surface area contributed by atoms with Gasteiger partial charge in [-0.05, 0) is 18.4 Å². The molecular weight excluding hydrogens is 266 g/mol. The normalized spacial score (nSPS) is 13.3. The van der Waals surface area contributed by atoms with Gasteiger partial charge in [0.1, 0.15) is 0 Å². The number of hydrogen-bond donors (Lipinski definition) is 1. The second kappa shape index (κ2) is 9.16. The van der Waals surface area contributed by atoms with Gasteiger partial charge in [-0.2, -0.15) is 0 Å². The largest absolute Gasteiger partial charge is 0.466 e. The molecule has 116 valence electrons. The summed E-state index contributed by atoms with van der Waals surface area (Å²) in [6.07, 6.45) is 1.13. The molecule has 1 N–H and O–H groups in total. The maximum atomic E-state index is 12.4. The van der Waals surface area contributed by atoms with E-state index in [2.05, 4.69) is 19.2 Å². The second-order valence-electron chi connectivity index (χ2n) is 5.12. The number of amides is 1. The number of rotatable bonds is 8. The van der Waals surface area contributed by atoms with E-state index < -0.39 is 0 Å². The van der Waals surface area contributed by atoms with Crippen molar-refractivity contribution in [1.29, 1.82) is 0 Å². The molecule has 0 aromatic heterocycles. The number of nitrogens with one attached hydrogen (secondary N) is 1. The van der Waals surface area contributed by atoms with Crippen LogP contribution in [0.3, 0.4) is 0 Å². The monoisotopic (exact) mass is 291 g/mol. The minimum absolute atomic E-state index is 0.0279. The van der Waals surface area contributed by atoms with Crippen LogP contribution in [-0.4, -0.2) is 25.0 Å². The van der Waals surface area contributed by atoms with E-state index in [1.54, 1.807) is 6.92 Å². The van der Waals surface area contributed by atoms with Crippen molar-refractivity contribution in [3.63, 3.8) is 0 Å². The van der Waals surface area contributed by atoms with E-state index in [1.165, 1.54) is 0 Å². The molecule has 0 aliphatic rings.